The molecule has 0 aliphatic rings. The van der Waals surface area contributed by atoms with Crippen LogP contribution in [0.25, 0.3) is 11.5 Å². The minimum atomic E-state index is -0.120. The number of rotatable bonds is 5. The van der Waals surface area contributed by atoms with Crippen LogP contribution in [0.3, 0.4) is 0 Å². The molecule has 0 bridgehead atoms. The summed E-state index contributed by atoms with van der Waals surface area (Å²) < 4.78 is 6.55. The molecule has 7 heteroatoms. The number of aromatic nitrogens is 2. The average molecular weight is 446 g/mol. The number of carbonyl (C=O) groups is 1. The lowest BCUT2D eigenvalue weighted by Crippen LogP contribution is -2.15. The Labute approximate surface area is 171 Å². The summed E-state index contributed by atoms with van der Waals surface area (Å²) in [5.74, 6) is 0.504. The highest BCUT2D eigenvalue weighted by molar-refractivity contribution is 9.10. The number of carbonyl (C=O) groups excluding carboxylic acids is 1. The van der Waals surface area contributed by atoms with Crippen LogP contribution in [0.1, 0.15) is 26.3 Å². The fourth-order valence-electron chi connectivity index (χ4n) is 2.38. The standard InChI is InChI=1S/C20H20BrN3O2S/c1-20(2,3)14-7-9-16(10-8-14)22-17(25)12-27-19-24-23-18(26-19)13-5-4-6-15(21)11-13/h4-11H,12H2,1-3H3,(H,22,25). The second-order valence-corrected chi connectivity index (χ2v) is 8.89. The molecule has 0 spiro atoms. The molecule has 3 rings (SSSR count). The summed E-state index contributed by atoms with van der Waals surface area (Å²) in [5, 5.41) is 11.3. The van der Waals surface area contributed by atoms with Gasteiger partial charge in [-0.2, -0.15) is 0 Å². The number of nitrogens with zero attached hydrogens (tertiary/aromatic N) is 2. The van der Waals surface area contributed by atoms with Crippen molar-refractivity contribution >= 4 is 39.3 Å². The van der Waals surface area contributed by atoms with E-state index < -0.39 is 0 Å². The molecule has 0 aliphatic heterocycles. The molecule has 0 unspecified atom stereocenters. The SMILES string of the molecule is CC(C)(C)c1ccc(NC(=O)CSc2nnc(-c3cccc(Br)c3)o2)cc1. The molecule has 0 saturated carbocycles. The minimum Gasteiger partial charge on any atom is -0.411 e. The van der Waals surface area contributed by atoms with E-state index in [-0.39, 0.29) is 17.1 Å². The summed E-state index contributed by atoms with van der Waals surface area (Å²) in [6, 6.07) is 15.5. The summed E-state index contributed by atoms with van der Waals surface area (Å²) in [7, 11) is 0. The first kappa shape index (κ1) is 19.6. The van der Waals surface area contributed by atoms with E-state index in [1.165, 1.54) is 17.3 Å². The first-order valence-corrected chi connectivity index (χ1v) is 10.2. The van der Waals surface area contributed by atoms with E-state index in [1.807, 2.05) is 48.5 Å². The van der Waals surface area contributed by atoms with Crippen LogP contribution in [0, 0.1) is 0 Å². The highest BCUT2D eigenvalue weighted by Gasteiger charge is 2.14. The van der Waals surface area contributed by atoms with Crippen molar-refractivity contribution in [3.05, 3.63) is 58.6 Å². The zero-order valence-corrected chi connectivity index (χ0v) is 17.7. The monoisotopic (exact) mass is 445 g/mol. The van der Waals surface area contributed by atoms with Crippen molar-refractivity contribution in [2.24, 2.45) is 0 Å². The Bertz CT molecular complexity index is 933. The van der Waals surface area contributed by atoms with Crippen LogP contribution < -0.4 is 5.32 Å². The molecule has 0 aliphatic carbocycles. The molecule has 1 amide bonds. The Hall–Kier alpha value is -2.12. The van der Waals surface area contributed by atoms with Gasteiger partial charge in [0.15, 0.2) is 0 Å². The average Bonchev–Trinajstić information content (AvgIpc) is 3.09. The fourth-order valence-corrected chi connectivity index (χ4v) is 3.35. The predicted octanol–water partition coefficient (Wildman–Crippen LogP) is 5.53. The van der Waals surface area contributed by atoms with E-state index in [2.05, 4.69) is 52.2 Å². The van der Waals surface area contributed by atoms with E-state index in [1.54, 1.807) is 0 Å². The molecular weight excluding hydrogens is 426 g/mol. The maximum atomic E-state index is 12.2. The van der Waals surface area contributed by atoms with Gasteiger partial charge in [0, 0.05) is 15.7 Å². The molecule has 5 nitrogen and oxygen atoms in total. The molecule has 3 aromatic rings. The first-order valence-electron chi connectivity index (χ1n) is 8.44. The number of anilines is 1. The largest absolute Gasteiger partial charge is 0.411 e. The van der Waals surface area contributed by atoms with Crippen LogP contribution in [0.5, 0.6) is 0 Å². The summed E-state index contributed by atoms with van der Waals surface area (Å²) in [5.41, 5.74) is 2.91. The van der Waals surface area contributed by atoms with E-state index >= 15 is 0 Å². The van der Waals surface area contributed by atoms with E-state index in [4.69, 9.17) is 4.42 Å². The van der Waals surface area contributed by atoms with Crippen LogP contribution in [0.2, 0.25) is 0 Å². The minimum absolute atomic E-state index is 0.0857. The zero-order valence-electron chi connectivity index (χ0n) is 15.3. The summed E-state index contributed by atoms with van der Waals surface area (Å²) in [6.07, 6.45) is 0. The number of amides is 1. The highest BCUT2D eigenvalue weighted by Crippen LogP contribution is 2.26. The molecule has 0 atom stereocenters. The third kappa shape index (κ3) is 5.43. The third-order valence-electron chi connectivity index (χ3n) is 3.84. The zero-order chi connectivity index (χ0) is 19.4. The van der Waals surface area contributed by atoms with Crippen molar-refractivity contribution in [3.63, 3.8) is 0 Å². The lowest BCUT2D eigenvalue weighted by molar-refractivity contribution is -0.113. The smallest absolute Gasteiger partial charge is 0.277 e. The van der Waals surface area contributed by atoms with E-state index in [0.717, 1.165) is 15.7 Å². The molecule has 0 radical (unpaired) electrons. The number of nitrogens with one attached hydrogen (secondary N) is 1. The van der Waals surface area contributed by atoms with Crippen LogP contribution >= 0.6 is 27.7 Å². The number of hydrogen-bond donors (Lipinski definition) is 1. The molecule has 2 aromatic carbocycles. The normalized spacial score (nSPS) is 11.4. The Kier molecular flexibility index (Phi) is 6.01. The lowest BCUT2D eigenvalue weighted by Gasteiger charge is -2.19. The third-order valence-corrected chi connectivity index (χ3v) is 5.15. The van der Waals surface area contributed by atoms with Gasteiger partial charge in [0.25, 0.3) is 5.22 Å². The Balaban J connectivity index is 1.55. The van der Waals surface area contributed by atoms with Crippen LogP contribution in [-0.2, 0) is 10.2 Å². The second-order valence-electron chi connectivity index (χ2n) is 7.05. The number of halogens is 1. The van der Waals surface area contributed by atoms with Crippen molar-refractivity contribution in [1.29, 1.82) is 0 Å². The van der Waals surface area contributed by atoms with E-state index in [9.17, 15) is 4.79 Å². The molecular formula is C20H20BrN3O2S. The van der Waals surface area contributed by atoms with Crippen molar-refractivity contribution in [1.82, 2.24) is 10.2 Å². The number of hydrogen-bond acceptors (Lipinski definition) is 5. The van der Waals surface area contributed by atoms with Crippen LogP contribution in [0.4, 0.5) is 5.69 Å². The Morgan fingerprint density at radius 3 is 2.56 bits per heavy atom. The summed E-state index contributed by atoms with van der Waals surface area (Å²) in [4.78, 5) is 12.2. The second kappa shape index (κ2) is 8.27. The van der Waals surface area contributed by atoms with Crippen molar-refractivity contribution in [3.8, 4) is 11.5 Å². The van der Waals surface area contributed by atoms with Gasteiger partial charge in [0.1, 0.15) is 0 Å². The summed E-state index contributed by atoms with van der Waals surface area (Å²) in [6.45, 7) is 6.47. The Morgan fingerprint density at radius 1 is 1.15 bits per heavy atom. The molecule has 1 aromatic heterocycles. The van der Waals surface area contributed by atoms with Gasteiger partial charge in [0.05, 0.1) is 5.75 Å². The van der Waals surface area contributed by atoms with Crippen molar-refractivity contribution < 1.29 is 9.21 Å². The lowest BCUT2D eigenvalue weighted by atomic mass is 9.87. The summed E-state index contributed by atoms with van der Waals surface area (Å²) >= 11 is 4.63. The van der Waals surface area contributed by atoms with Gasteiger partial charge in [-0.25, -0.2) is 0 Å². The quantitative estimate of drug-likeness (QED) is 0.522. The maximum absolute atomic E-state index is 12.2. The van der Waals surface area contributed by atoms with Gasteiger partial charge in [-0.1, -0.05) is 66.7 Å². The highest BCUT2D eigenvalue weighted by atomic mass is 79.9. The first-order chi connectivity index (χ1) is 12.8. The van der Waals surface area contributed by atoms with Crippen LogP contribution in [-0.4, -0.2) is 21.9 Å². The molecule has 140 valence electrons. The molecule has 1 heterocycles. The van der Waals surface area contributed by atoms with Crippen molar-refractivity contribution in [2.45, 2.75) is 31.4 Å². The predicted molar refractivity (Wildman–Crippen MR) is 112 cm³/mol. The van der Waals surface area contributed by atoms with Gasteiger partial charge in [-0.3, -0.25) is 4.79 Å². The van der Waals surface area contributed by atoms with Gasteiger partial charge in [-0.15, -0.1) is 10.2 Å². The van der Waals surface area contributed by atoms with Gasteiger partial charge < -0.3 is 9.73 Å². The van der Waals surface area contributed by atoms with Crippen LogP contribution in [0.15, 0.2) is 62.6 Å². The molecule has 27 heavy (non-hydrogen) atoms. The fraction of sp³-hybridized carbons (Fsp3) is 0.250. The van der Waals surface area contributed by atoms with Crippen molar-refractivity contribution in [2.75, 3.05) is 11.1 Å². The van der Waals surface area contributed by atoms with Gasteiger partial charge in [-0.05, 0) is 41.3 Å². The van der Waals surface area contributed by atoms with Gasteiger partial charge in [0.2, 0.25) is 11.8 Å². The topological polar surface area (TPSA) is 68.0 Å². The van der Waals surface area contributed by atoms with Gasteiger partial charge >= 0.3 is 0 Å². The molecule has 0 saturated heterocycles. The molecule has 0 fully saturated rings. The number of thioether (sulfide) groups is 1. The van der Waals surface area contributed by atoms with E-state index in [0.29, 0.717) is 11.1 Å². The molecule has 1 N–H and O–H groups in total. The maximum Gasteiger partial charge on any atom is 0.277 e. The number of benzene rings is 2. The Morgan fingerprint density at radius 2 is 1.89 bits per heavy atom.